The van der Waals surface area contributed by atoms with Crippen molar-refractivity contribution in [1.29, 1.82) is 0 Å². The second-order valence-corrected chi connectivity index (χ2v) is 9.13. The minimum Gasteiger partial charge on any atom is -0.372 e. The van der Waals surface area contributed by atoms with Gasteiger partial charge in [0.2, 0.25) is 0 Å². The molecule has 1 atom stereocenters. The Morgan fingerprint density at radius 1 is 1.08 bits per heavy atom. The number of hydrogen-bond donors (Lipinski definition) is 1. The van der Waals surface area contributed by atoms with Crippen molar-refractivity contribution >= 4 is 29.2 Å². The van der Waals surface area contributed by atoms with Gasteiger partial charge in [0.05, 0.1) is 23.5 Å². The van der Waals surface area contributed by atoms with Crippen molar-refractivity contribution in [1.82, 2.24) is 15.0 Å². The van der Waals surface area contributed by atoms with E-state index in [1.807, 2.05) is 24.1 Å². The average Bonchev–Trinajstić information content (AvgIpc) is 3.33. The maximum absolute atomic E-state index is 13.2. The molecule has 3 aromatic heterocycles. The highest BCUT2D eigenvalue weighted by Gasteiger charge is 2.43. The van der Waals surface area contributed by atoms with E-state index in [1.54, 1.807) is 23.2 Å². The highest BCUT2D eigenvalue weighted by atomic mass is 19.4. The summed E-state index contributed by atoms with van der Waals surface area (Å²) in [5.74, 6) is -0.778. The van der Waals surface area contributed by atoms with Crippen molar-refractivity contribution < 1.29 is 22.4 Å². The van der Waals surface area contributed by atoms with Gasteiger partial charge in [0.25, 0.3) is 0 Å². The quantitative estimate of drug-likeness (QED) is 0.498. The van der Waals surface area contributed by atoms with Crippen molar-refractivity contribution in [2.75, 3.05) is 53.2 Å². The van der Waals surface area contributed by atoms with E-state index in [4.69, 9.17) is 4.98 Å². The largest absolute Gasteiger partial charge is 0.393 e. The highest BCUT2D eigenvalue weighted by molar-refractivity contribution is 6.03. The maximum atomic E-state index is 13.2. The second-order valence-electron chi connectivity index (χ2n) is 9.13. The standard InChI is InChI=1S/C25H25F4N7O/c1-34-10-2-11-36(24(37)33-21-6-3-18(26)14-31-21)23-20(34)5-4-19(32-23)16-7-9-30-22(13-16)35-12-8-17(15-35)25(27,28)29/h3-7,9,13-14,17H,2,8,10-12,15H2,1H3,(H,31,33,37). The number of aromatic nitrogens is 3. The molecule has 3 aromatic rings. The number of nitrogens with zero attached hydrogens (tertiary/aromatic N) is 6. The molecule has 0 radical (unpaired) electrons. The molecule has 5 rings (SSSR count). The number of fused-ring (bicyclic) bond motifs is 1. The summed E-state index contributed by atoms with van der Waals surface area (Å²) in [6.45, 7) is 1.25. The van der Waals surface area contributed by atoms with Gasteiger partial charge in [-0.1, -0.05) is 0 Å². The molecule has 0 saturated carbocycles. The van der Waals surface area contributed by atoms with Crippen LogP contribution in [0.15, 0.2) is 48.8 Å². The van der Waals surface area contributed by atoms with Gasteiger partial charge < -0.3 is 9.80 Å². The van der Waals surface area contributed by atoms with Gasteiger partial charge in [-0.25, -0.2) is 24.1 Å². The number of halogens is 4. The number of rotatable bonds is 3. The number of carbonyl (C=O) groups excluding carboxylic acids is 1. The smallest absolute Gasteiger partial charge is 0.372 e. The van der Waals surface area contributed by atoms with Crippen molar-refractivity contribution in [2.45, 2.75) is 19.0 Å². The normalized spacial score (nSPS) is 18.0. The van der Waals surface area contributed by atoms with E-state index in [9.17, 15) is 22.4 Å². The minimum absolute atomic E-state index is 0.0336. The Balaban J connectivity index is 1.43. The Morgan fingerprint density at radius 2 is 1.92 bits per heavy atom. The molecule has 1 unspecified atom stereocenters. The Bertz CT molecular complexity index is 1280. The molecule has 194 valence electrons. The Morgan fingerprint density at radius 3 is 2.65 bits per heavy atom. The number of amides is 2. The molecule has 0 aliphatic carbocycles. The fourth-order valence-corrected chi connectivity index (χ4v) is 4.60. The number of anilines is 4. The number of urea groups is 1. The zero-order valence-electron chi connectivity index (χ0n) is 20.0. The summed E-state index contributed by atoms with van der Waals surface area (Å²) in [4.78, 5) is 31.3. The van der Waals surface area contributed by atoms with Crippen LogP contribution in [0.1, 0.15) is 12.8 Å². The number of nitrogens with one attached hydrogen (secondary N) is 1. The molecule has 12 heteroatoms. The summed E-state index contributed by atoms with van der Waals surface area (Å²) in [7, 11) is 1.91. The lowest BCUT2D eigenvalue weighted by Gasteiger charge is -2.24. The zero-order valence-corrected chi connectivity index (χ0v) is 20.0. The van der Waals surface area contributed by atoms with E-state index < -0.39 is 23.9 Å². The second kappa shape index (κ2) is 9.83. The lowest BCUT2D eigenvalue weighted by atomic mass is 10.1. The molecule has 8 nitrogen and oxygen atoms in total. The molecule has 2 aliphatic heterocycles. The van der Waals surface area contributed by atoms with Crippen LogP contribution in [0.3, 0.4) is 0 Å². The molecule has 37 heavy (non-hydrogen) atoms. The van der Waals surface area contributed by atoms with E-state index in [2.05, 4.69) is 15.3 Å². The lowest BCUT2D eigenvalue weighted by Crippen LogP contribution is -2.36. The van der Waals surface area contributed by atoms with Crippen LogP contribution < -0.4 is 20.0 Å². The first-order chi connectivity index (χ1) is 17.7. The van der Waals surface area contributed by atoms with Crippen LogP contribution in [-0.2, 0) is 0 Å². The van der Waals surface area contributed by atoms with Gasteiger partial charge in [-0.3, -0.25) is 10.2 Å². The summed E-state index contributed by atoms with van der Waals surface area (Å²) >= 11 is 0. The van der Waals surface area contributed by atoms with Gasteiger partial charge >= 0.3 is 12.2 Å². The van der Waals surface area contributed by atoms with E-state index in [1.165, 1.54) is 17.0 Å². The number of alkyl halides is 3. The van der Waals surface area contributed by atoms with E-state index in [0.29, 0.717) is 42.4 Å². The predicted octanol–water partition coefficient (Wildman–Crippen LogP) is 4.94. The van der Waals surface area contributed by atoms with Gasteiger partial charge in [-0.2, -0.15) is 13.2 Å². The van der Waals surface area contributed by atoms with Crippen molar-refractivity contribution in [3.8, 4) is 11.3 Å². The molecule has 5 heterocycles. The van der Waals surface area contributed by atoms with Crippen molar-refractivity contribution in [3.63, 3.8) is 0 Å². The molecular weight excluding hydrogens is 490 g/mol. The summed E-state index contributed by atoms with van der Waals surface area (Å²) in [6, 6.07) is 9.29. The first kappa shape index (κ1) is 24.7. The van der Waals surface area contributed by atoms with Crippen LogP contribution in [0.25, 0.3) is 11.3 Å². The topological polar surface area (TPSA) is 77.5 Å². The van der Waals surface area contributed by atoms with Crippen LogP contribution in [0.2, 0.25) is 0 Å². The monoisotopic (exact) mass is 515 g/mol. The van der Waals surface area contributed by atoms with Crippen LogP contribution >= 0.6 is 0 Å². The fraction of sp³-hybridized carbons (Fsp3) is 0.360. The SMILES string of the molecule is CN1CCCN(C(=O)Nc2ccc(F)cn2)c2nc(-c3ccnc(N4CCC(C(F)(F)F)C4)c3)ccc21. The summed E-state index contributed by atoms with van der Waals surface area (Å²) in [6.07, 6.45) is -0.929. The third kappa shape index (κ3) is 5.27. The molecule has 0 aromatic carbocycles. The fourth-order valence-electron chi connectivity index (χ4n) is 4.60. The van der Waals surface area contributed by atoms with E-state index in [0.717, 1.165) is 11.9 Å². The zero-order chi connectivity index (χ0) is 26.2. The molecular formula is C25H25F4N7O. The molecule has 1 saturated heterocycles. The number of pyridine rings is 3. The number of hydrogen-bond acceptors (Lipinski definition) is 6. The summed E-state index contributed by atoms with van der Waals surface area (Å²) in [5, 5.41) is 2.69. The molecule has 0 spiro atoms. The lowest BCUT2D eigenvalue weighted by molar-refractivity contribution is -0.168. The van der Waals surface area contributed by atoms with Crippen molar-refractivity contribution in [3.05, 3.63) is 54.6 Å². The van der Waals surface area contributed by atoms with Gasteiger partial charge in [0.15, 0.2) is 5.82 Å². The van der Waals surface area contributed by atoms with Crippen LogP contribution in [0.4, 0.5) is 45.5 Å². The van der Waals surface area contributed by atoms with Gasteiger partial charge in [-0.15, -0.1) is 0 Å². The first-order valence-electron chi connectivity index (χ1n) is 11.9. The Hall–Kier alpha value is -3.96. The Kier molecular flexibility index (Phi) is 6.57. The Labute approximate surface area is 210 Å². The molecule has 1 fully saturated rings. The molecule has 0 bridgehead atoms. The maximum Gasteiger partial charge on any atom is 0.393 e. The van der Waals surface area contributed by atoms with Gasteiger partial charge in [0.1, 0.15) is 17.5 Å². The minimum atomic E-state index is -4.23. The van der Waals surface area contributed by atoms with Crippen LogP contribution in [0.5, 0.6) is 0 Å². The summed E-state index contributed by atoms with van der Waals surface area (Å²) in [5.41, 5.74) is 1.99. The van der Waals surface area contributed by atoms with Crippen LogP contribution in [0, 0.1) is 11.7 Å². The molecule has 2 aliphatic rings. The molecule has 1 N–H and O–H groups in total. The molecule has 2 amide bonds. The highest BCUT2D eigenvalue weighted by Crippen LogP contribution is 2.37. The first-order valence-corrected chi connectivity index (χ1v) is 11.9. The average molecular weight is 516 g/mol. The van der Waals surface area contributed by atoms with Gasteiger partial charge in [-0.05, 0) is 49.2 Å². The third-order valence-corrected chi connectivity index (χ3v) is 6.62. The van der Waals surface area contributed by atoms with E-state index >= 15 is 0 Å². The predicted molar refractivity (Wildman–Crippen MR) is 132 cm³/mol. The van der Waals surface area contributed by atoms with Gasteiger partial charge in [0, 0.05) is 45.0 Å². The van der Waals surface area contributed by atoms with E-state index in [-0.39, 0.29) is 25.3 Å². The summed E-state index contributed by atoms with van der Waals surface area (Å²) < 4.78 is 52.7. The number of carbonyl (C=O) groups is 1. The van der Waals surface area contributed by atoms with Crippen LogP contribution in [-0.4, -0.2) is 60.4 Å². The van der Waals surface area contributed by atoms with Crippen molar-refractivity contribution in [2.24, 2.45) is 5.92 Å². The third-order valence-electron chi connectivity index (χ3n) is 6.62.